The molecule has 3 rings (SSSR count). The molecule has 0 aliphatic carbocycles. The number of carbonyl (C=O) groups excluding carboxylic acids is 1. The van der Waals surface area contributed by atoms with Crippen molar-refractivity contribution in [3.63, 3.8) is 0 Å². The summed E-state index contributed by atoms with van der Waals surface area (Å²) in [6.45, 7) is 6.68. The summed E-state index contributed by atoms with van der Waals surface area (Å²) in [5.41, 5.74) is 3.50. The molecule has 1 unspecified atom stereocenters. The third-order valence-corrected chi connectivity index (χ3v) is 6.81. The lowest BCUT2D eigenvalue weighted by atomic mass is 10.1. The number of carbonyl (C=O) groups is 1. The van der Waals surface area contributed by atoms with Crippen LogP contribution in [0.15, 0.2) is 36.5 Å². The predicted molar refractivity (Wildman–Crippen MR) is 108 cm³/mol. The van der Waals surface area contributed by atoms with Crippen LogP contribution in [0.25, 0.3) is 0 Å². The standard InChI is InChI=1S/C20H25N3O3S/c1-4-23(18-9-10-27(25,26)13-18)19-8-6-16(12-21-19)20(24)22-17-7-5-14(2)15(3)11-17/h5-8,11-12,18H,4,9-10,13H2,1-3H3,(H,22,24). The lowest BCUT2D eigenvalue weighted by Crippen LogP contribution is -2.36. The number of hydrogen-bond donors (Lipinski definition) is 1. The van der Waals surface area contributed by atoms with E-state index < -0.39 is 9.84 Å². The van der Waals surface area contributed by atoms with Gasteiger partial charge in [0, 0.05) is 24.5 Å². The number of nitrogens with zero attached hydrogens (tertiary/aromatic N) is 2. The number of aryl methyl sites for hydroxylation is 2. The zero-order valence-electron chi connectivity index (χ0n) is 15.9. The number of anilines is 2. The number of amides is 1. The number of benzene rings is 1. The van der Waals surface area contributed by atoms with E-state index in [1.807, 2.05) is 43.9 Å². The maximum atomic E-state index is 12.5. The number of pyridine rings is 1. The summed E-state index contributed by atoms with van der Waals surface area (Å²) in [7, 11) is -2.95. The molecule has 1 saturated heterocycles. The van der Waals surface area contributed by atoms with Crippen LogP contribution < -0.4 is 10.2 Å². The molecule has 6 nitrogen and oxygen atoms in total. The second-order valence-corrected chi connectivity index (χ2v) is 9.23. The van der Waals surface area contributed by atoms with Gasteiger partial charge in [0.05, 0.1) is 17.1 Å². The SMILES string of the molecule is CCN(c1ccc(C(=O)Nc2ccc(C)c(C)c2)cn1)C1CCS(=O)(=O)C1. The summed E-state index contributed by atoms with van der Waals surface area (Å²) in [6, 6.07) is 9.24. The van der Waals surface area contributed by atoms with E-state index in [1.54, 1.807) is 12.1 Å². The van der Waals surface area contributed by atoms with Crippen molar-refractivity contribution >= 4 is 27.2 Å². The molecule has 2 aromatic rings. The molecule has 1 aliphatic rings. The lowest BCUT2D eigenvalue weighted by Gasteiger charge is -2.27. The van der Waals surface area contributed by atoms with Crippen LogP contribution in [-0.4, -0.2) is 43.4 Å². The molecular formula is C20H25N3O3S. The van der Waals surface area contributed by atoms with E-state index in [2.05, 4.69) is 10.3 Å². The fourth-order valence-electron chi connectivity index (χ4n) is 3.34. The third kappa shape index (κ3) is 4.47. The van der Waals surface area contributed by atoms with Gasteiger partial charge in [-0.3, -0.25) is 4.79 Å². The maximum Gasteiger partial charge on any atom is 0.257 e. The summed E-state index contributed by atoms with van der Waals surface area (Å²) in [5.74, 6) is 0.869. The summed E-state index contributed by atoms with van der Waals surface area (Å²) < 4.78 is 23.5. The van der Waals surface area contributed by atoms with Crippen molar-refractivity contribution in [2.45, 2.75) is 33.2 Å². The van der Waals surface area contributed by atoms with Gasteiger partial charge in [-0.25, -0.2) is 13.4 Å². The average molecular weight is 388 g/mol. The first-order chi connectivity index (χ1) is 12.8. The van der Waals surface area contributed by atoms with Crippen LogP contribution in [0.4, 0.5) is 11.5 Å². The van der Waals surface area contributed by atoms with Crippen molar-refractivity contribution in [3.8, 4) is 0 Å². The topological polar surface area (TPSA) is 79.4 Å². The van der Waals surface area contributed by atoms with Crippen LogP contribution in [0.3, 0.4) is 0 Å². The molecule has 1 fully saturated rings. The van der Waals surface area contributed by atoms with E-state index in [-0.39, 0.29) is 23.5 Å². The van der Waals surface area contributed by atoms with Crippen LogP contribution in [0.1, 0.15) is 34.8 Å². The molecular weight excluding hydrogens is 362 g/mol. The van der Waals surface area contributed by atoms with Crippen molar-refractivity contribution in [2.75, 3.05) is 28.3 Å². The van der Waals surface area contributed by atoms with Gasteiger partial charge in [-0.1, -0.05) is 6.07 Å². The Balaban J connectivity index is 1.72. The molecule has 1 N–H and O–H groups in total. The molecule has 0 bridgehead atoms. The van der Waals surface area contributed by atoms with Gasteiger partial charge in [-0.15, -0.1) is 0 Å². The lowest BCUT2D eigenvalue weighted by molar-refractivity contribution is 0.102. The fraction of sp³-hybridized carbons (Fsp3) is 0.400. The molecule has 0 spiro atoms. The smallest absolute Gasteiger partial charge is 0.257 e. The van der Waals surface area contributed by atoms with Crippen LogP contribution in [0.5, 0.6) is 0 Å². The first kappa shape index (κ1) is 19.4. The van der Waals surface area contributed by atoms with Crippen molar-refractivity contribution in [1.29, 1.82) is 0 Å². The highest BCUT2D eigenvalue weighted by Gasteiger charge is 2.32. The molecule has 2 heterocycles. The molecule has 1 aliphatic heterocycles. The van der Waals surface area contributed by atoms with Gasteiger partial charge in [0.2, 0.25) is 0 Å². The second kappa shape index (κ2) is 7.68. The highest BCUT2D eigenvalue weighted by molar-refractivity contribution is 7.91. The Morgan fingerprint density at radius 1 is 1.22 bits per heavy atom. The monoisotopic (exact) mass is 387 g/mol. The van der Waals surface area contributed by atoms with Crippen molar-refractivity contribution < 1.29 is 13.2 Å². The quantitative estimate of drug-likeness (QED) is 0.853. The molecule has 144 valence electrons. The van der Waals surface area contributed by atoms with E-state index in [1.165, 1.54) is 11.8 Å². The zero-order chi connectivity index (χ0) is 19.6. The Labute approximate surface area is 160 Å². The Kier molecular flexibility index (Phi) is 5.51. The van der Waals surface area contributed by atoms with Gasteiger partial charge in [0.25, 0.3) is 5.91 Å². The Morgan fingerprint density at radius 3 is 2.56 bits per heavy atom. The maximum absolute atomic E-state index is 12.5. The van der Waals surface area contributed by atoms with Crippen LogP contribution in [0.2, 0.25) is 0 Å². The van der Waals surface area contributed by atoms with Gasteiger partial charge in [-0.2, -0.15) is 0 Å². The van der Waals surface area contributed by atoms with E-state index in [0.717, 1.165) is 11.3 Å². The summed E-state index contributed by atoms with van der Waals surface area (Å²) >= 11 is 0. The van der Waals surface area contributed by atoms with Crippen LogP contribution in [-0.2, 0) is 9.84 Å². The number of rotatable bonds is 5. The molecule has 0 saturated carbocycles. The first-order valence-corrected chi connectivity index (χ1v) is 10.9. The van der Waals surface area contributed by atoms with E-state index in [4.69, 9.17) is 0 Å². The molecule has 1 atom stereocenters. The summed E-state index contributed by atoms with van der Waals surface area (Å²) in [4.78, 5) is 18.9. The van der Waals surface area contributed by atoms with Gasteiger partial charge in [0.1, 0.15) is 5.82 Å². The van der Waals surface area contributed by atoms with E-state index in [9.17, 15) is 13.2 Å². The first-order valence-electron chi connectivity index (χ1n) is 9.11. The van der Waals surface area contributed by atoms with Crippen LogP contribution >= 0.6 is 0 Å². The second-order valence-electron chi connectivity index (χ2n) is 7.00. The fourth-order valence-corrected chi connectivity index (χ4v) is 5.07. The highest BCUT2D eigenvalue weighted by Crippen LogP contribution is 2.23. The average Bonchev–Trinajstić information content (AvgIpc) is 2.99. The third-order valence-electron chi connectivity index (χ3n) is 5.06. The Hall–Kier alpha value is -2.41. The molecule has 1 aromatic carbocycles. The Bertz CT molecular complexity index is 939. The highest BCUT2D eigenvalue weighted by atomic mass is 32.2. The zero-order valence-corrected chi connectivity index (χ0v) is 16.7. The molecule has 27 heavy (non-hydrogen) atoms. The van der Waals surface area contributed by atoms with Crippen molar-refractivity contribution in [3.05, 3.63) is 53.2 Å². The molecule has 1 aromatic heterocycles. The van der Waals surface area contributed by atoms with Gasteiger partial charge >= 0.3 is 0 Å². The normalized spacial score (nSPS) is 18.3. The number of sulfone groups is 1. The minimum Gasteiger partial charge on any atom is -0.353 e. The molecule has 0 radical (unpaired) electrons. The summed E-state index contributed by atoms with van der Waals surface area (Å²) in [5, 5.41) is 2.88. The largest absolute Gasteiger partial charge is 0.353 e. The molecule has 1 amide bonds. The summed E-state index contributed by atoms with van der Waals surface area (Å²) in [6.07, 6.45) is 2.16. The minimum absolute atomic E-state index is 0.0530. The number of aromatic nitrogens is 1. The van der Waals surface area contributed by atoms with E-state index >= 15 is 0 Å². The van der Waals surface area contributed by atoms with Gasteiger partial charge in [-0.05, 0) is 62.6 Å². The molecule has 7 heteroatoms. The van der Waals surface area contributed by atoms with Gasteiger partial charge in [0.15, 0.2) is 9.84 Å². The Morgan fingerprint density at radius 2 is 2.00 bits per heavy atom. The van der Waals surface area contributed by atoms with Crippen LogP contribution in [0, 0.1) is 13.8 Å². The minimum atomic E-state index is -2.95. The number of hydrogen-bond acceptors (Lipinski definition) is 5. The van der Waals surface area contributed by atoms with Crippen molar-refractivity contribution in [2.24, 2.45) is 0 Å². The van der Waals surface area contributed by atoms with Gasteiger partial charge < -0.3 is 10.2 Å². The number of nitrogens with one attached hydrogen (secondary N) is 1. The predicted octanol–water partition coefficient (Wildman–Crippen LogP) is 2.96. The van der Waals surface area contributed by atoms with E-state index in [0.29, 0.717) is 24.3 Å². The van der Waals surface area contributed by atoms with Crippen molar-refractivity contribution in [1.82, 2.24) is 4.98 Å².